The minimum Gasteiger partial charge on any atom is -0.507 e. The Morgan fingerprint density at radius 2 is 0.824 bits per heavy atom. The molecule has 0 radical (unpaired) electrons. The molecule has 0 amide bonds. The maximum Gasteiger partial charge on any atom is 0.127 e. The zero-order chi connectivity index (χ0) is 24.0. The number of benzene rings is 5. The van der Waals surface area contributed by atoms with Gasteiger partial charge in [0.15, 0.2) is 0 Å². The molecule has 0 aliphatic heterocycles. The Balaban J connectivity index is 1.56. The van der Waals surface area contributed by atoms with E-state index in [1.807, 2.05) is 19.1 Å². The Morgan fingerprint density at radius 1 is 0.471 bits per heavy atom. The average molecular weight is 453 g/mol. The average Bonchev–Trinajstić information content (AvgIpc) is 2.83. The summed E-state index contributed by atoms with van der Waals surface area (Å²) in [4.78, 5) is 0. The van der Waals surface area contributed by atoms with Crippen LogP contribution in [0.1, 0.15) is 27.8 Å². The number of fused-ring (bicyclic) bond motifs is 2. The molecule has 0 aromatic heterocycles. The molecule has 5 aromatic carbocycles. The van der Waals surface area contributed by atoms with Gasteiger partial charge in [-0.05, 0) is 30.2 Å². The van der Waals surface area contributed by atoms with Crippen molar-refractivity contribution in [2.45, 2.75) is 19.8 Å². The van der Waals surface area contributed by atoms with Crippen molar-refractivity contribution < 1.29 is 25.5 Å². The second kappa shape index (κ2) is 8.19. The second-order valence-electron chi connectivity index (χ2n) is 8.68. The van der Waals surface area contributed by atoms with E-state index < -0.39 is 0 Å². The standard InChI is InChI=1S/C29H24O5/c1-16-10-17(12-19-14-25(30)21-6-2-4-8-23(21)28(19)33)27(32)18(11-16)13-20-15-26(31)22-7-3-5-9-24(22)29(20)34/h2-11,14-15,30-34H,12-13H2,1H3. The molecule has 0 unspecified atom stereocenters. The molecule has 170 valence electrons. The van der Waals surface area contributed by atoms with Crippen LogP contribution in [-0.4, -0.2) is 25.5 Å². The van der Waals surface area contributed by atoms with Crippen molar-refractivity contribution in [3.8, 4) is 28.7 Å². The Morgan fingerprint density at radius 3 is 1.24 bits per heavy atom. The summed E-state index contributed by atoms with van der Waals surface area (Å²) in [5.74, 6) is 0.297. The molecule has 34 heavy (non-hydrogen) atoms. The fraction of sp³-hybridized carbons (Fsp3) is 0.103. The van der Waals surface area contributed by atoms with Gasteiger partial charge in [-0.15, -0.1) is 0 Å². The largest absolute Gasteiger partial charge is 0.507 e. The number of rotatable bonds is 4. The molecule has 5 heteroatoms. The minimum absolute atomic E-state index is 0.0460. The van der Waals surface area contributed by atoms with Gasteiger partial charge in [-0.1, -0.05) is 66.2 Å². The molecule has 5 N–H and O–H groups in total. The lowest BCUT2D eigenvalue weighted by atomic mass is 9.92. The molecule has 0 fully saturated rings. The lowest BCUT2D eigenvalue weighted by molar-refractivity contribution is 0.454. The summed E-state index contributed by atoms with van der Waals surface area (Å²) in [5.41, 5.74) is 3.06. The molecule has 0 heterocycles. The Hall–Kier alpha value is -4.38. The van der Waals surface area contributed by atoms with E-state index in [-0.39, 0.29) is 41.6 Å². The SMILES string of the molecule is Cc1cc(Cc2cc(O)c3ccccc3c2O)c(O)c(Cc2cc(O)c3ccccc3c2O)c1. The van der Waals surface area contributed by atoms with Crippen LogP contribution in [0.25, 0.3) is 21.5 Å². The molecule has 5 nitrogen and oxygen atoms in total. The highest BCUT2D eigenvalue weighted by Crippen LogP contribution is 2.40. The number of phenolic OH excluding ortho intramolecular Hbond substituents is 5. The van der Waals surface area contributed by atoms with Gasteiger partial charge in [-0.25, -0.2) is 0 Å². The Labute approximate surface area is 196 Å². The number of aromatic hydroxyl groups is 5. The number of hydrogen-bond donors (Lipinski definition) is 5. The lowest BCUT2D eigenvalue weighted by Crippen LogP contribution is -1.98. The maximum atomic E-state index is 11.1. The van der Waals surface area contributed by atoms with E-state index in [0.717, 1.165) is 5.56 Å². The smallest absolute Gasteiger partial charge is 0.127 e. The van der Waals surface area contributed by atoms with E-state index in [9.17, 15) is 25.5 Å². The van der Waals surface area contributed by atoms with E-state index in [2.05, 4.69) is 0 Å². The number of phenols is 5. The highest BCUT2D eigenvalue weighted by Gasteiger charge is 2.17. The topological polar surface area (TPSA) is 101 Å². The van der Waals surface area contributed by atoms with Gasteiger partial charge in [-0.3, -0.25) is 0 Å². The molecule has 0 atom stereocenters. The van der Waals surface area contributed by atoms with E-state index in [1.54, 1.807) is 48.5 Å². The Kier molecular flexibility index (Phi) is 5.17. The van der Waals surface area contributed by atoms with Crippen LogP contribution in [0.5, 0.6) is 28.7 Å². The zero-order valence-corrected chi connectivity index (χ0v) is 18.6. The summed E-state index contributed by atoms with van der Waals surface area (Å²) in [7, 11) is 0. The zero-order valence-electron chi connectivity index (χ0n) is 18.6. The van der Waals surface area contributed by atoms with Crippen molar-refractivity contribution in [3.63, 3.8) is 0 Å². The molecule has 0 bridgehead atoms. The molecule has 0 aliphatic carbocycles. The second-order valence-corrected chi connectivity index (χ2v) is 8.68. The molecule has 5 rings (SSSR count). The molecule has 0 saturated heterocycles. The fourth-order valence-electron chi connectivity index (χ4n) is 4.68. The highest BCUT2D eigenvalue weighted by molar-refractivity contribution is 5.95. The summed E-state index contributed by atoms with van der Waals surface area (Å²) in [6.07, 6.45) is 0.416. The van der Waals surface area contributed by atoms with Gasteiger partial charge in [0.25, 0.3) is 0 Å². The van der Waals surface area contributed by atoms with E-state index in [4.69, 9.17) is 0 Å². The van der Waals surface area contributed by atoms with Crippen molar-refractivity contribution in [1.82, 2.24) is 0 Å². The predicted molar refractivity (Wildman–Crippen MR) is 133 cm³/mol. The molecular formula is C29H24O5. The number of aryl methyl sites for hydroxylation is 1. The van der Waals surface area contributed by atoms with Crippen LogP contribution in [0.15, 0.2) is 72.8 Å². The van der Waals surface area contributed by atoms with Gasteiger partial charge in [0.2, 0.25) is 0 Å². The van der Waals surface area contributed by atoms with E-state index in [1.165, 1.54) is 12.1 Å². The van der Waals surface area contributed by atoms with Crippen LogP contribution in [0.2, 0.25) is 0 Å². The third kappa shape index (κ3) is 3.61. The van der Waals surface area contributed by atoms with Crippen LogP contribution in [0.3, 0.4) is 0 Å². The summed E-state index contributed by atoms with van der Waals surface area (Å²) in [6, 6.07) is 20.8. The third-order valence-electron chi connectivity index (χ3n) is 6.32. The predicted octanol–water partition coefficient (Wildman–Crippen LogP) is 6.01. The lowest BCUT2D eigenvalue weighted by Gasteiger charge is -2.15. The summed E-state index contributed by atoms with van der Waals surface area (Å²) in [5, 5.41) is 55.8. The summed E-state index contributed by atoms with van der Waals surface area (Å²) < 4.78 is 0. The minimum atomic E-state index is 0.0460. The first-order chi connectivity index (χ1) is 16.3. The first-order valence-corrected chi connectivity index (χ1v) is 11.0. The van der Waals surface area contributed by atoms with E-state index >= 15 is 0 Å². The van der Waals surface area contributed by atoms with Gasteiger partial charge < -0.3 is 25.5 Å². The summed E-state index contributed by atoms with van der Waals surface area (Å²) in [6.45, 7) is 1.90. The highest BCUT2D eigenvalue weighted by atomic mass is 16.3. The van der Waals surface area contributed by atoms with Crippen molar-refractivity contribution in [1.29, 1.82) is 0 Å². The normalized spacial score (nSPS) is 11.3. The molecular weight excluding hydrogens is 428 g/mol. The van der Waals surface area contributed by atoms with Crippen LogP contribution in [-0.2, 0) is 12.8 Å². The molecule has 0 saturated carbocycles. The van der Waals surface area contributed by atoms with Crippen LogP contribution in [0, 0.1) is 6.92 Å². The molecule has 0 spiro atoms. The molecule has 5 aromatic rings. The quantitative estimate of drug-likeness (QED) is 0.215. The maximum absolute atomic E-state index is 11.1. The fourth-order valence-corrected chi connectivity index (χ4v) is 4.68. The third-order valence-corrected chi connectivity index (χ3v) is 6.32. The van der Waals surface area contributed by atoms with Gasteiger partial charge in [-0.2, -0.15) is 0 Å². The van der Waals surface area contributed by atoms with Crippen LogP contribution in [0.4, 0.5) is 0 Å². The molecule has 0 aliphatic rings. The van der Waals surface area contributed by atoms with E-state index in [0.29, 0.717) is 43.8 Å². The van der Waals surface area contributed by atoms with Gasteiger partial charge in [0.05, 0.1) is 0 Å². The van der Waals surface area contributed by atoms with Gasteiger partial charge >= 0.3 is 0 Å². The van der Waals surface area contributed by atoms with Crippen molar-refractivity contribution >= 4 is 21.5 Å². The van der Waals surface area contributed by atoms with Crippen molar-refractivity contribution in [2.75, 3.05) is 0 Å². The Bertz CT molecular complexity index is 1450. The number of hydrogen-bond acceptors (Lipinski definition) is 5. The first kappa shape index (κ1) is 21.5. The monoisotopic (exact) mass is 452 g/mol. The van der Waals surface area contributed by atoms with Crippen molar-refractivity contribution in [3.05, 3.63) is 101 Å². The van der Waals surface area contributed by atoms with Gasteiger partial charge in [0, 0.05) is 45.5 Å². The van der Waals surface area contributed by atoms with Crippen LogP contribution < -0.4 is 0 Å². The first-order valence-electron chi connectivity index (χ1n) is 11.0. The van der Waals surface area contributed by atoms with Crippen molar-refractivity contribution in [2.24, 2.45) is 0 Å². The van der Waals surface area contributed by atoms with Crippen LogP contribution >= 0.6 is 0 Å². The van der Waals surface area contributed by atoms with Gasteiger partial charge in [0.1, 0.15) is 28.7 Å². The summed E-state index contributed by atoms with van der Waals surface area (Å²) >= 11 is 0.